The molecule has 0 saturated carbocycles. The van der Waals surface area contributed by atoms with Crippen LogP contribution in [-0.2, 0) is 4.74 Å². The van der Waals surface area contributed by atoms with Crippen molar-refractivity contribution in [3.8, 4) is 5.75 Å². The molecule has 0 aliphatic carbocycles. The molecule has 1 heterocycles. The van der Waals surface area contributed by atoms with Gasteiger partial charge in [0.25, 0.3) is 0 Å². The summed E-state index contributed by atoms with van der Waals surface area (Å²) >= 11 is 7.28. The van der Waals surface area contributed by atoms with Crippen LogP contribution in [0.25, 0.3) is 0 Å². The SMILES string of the molecule is CCOC(=O)c1cnc(C(Cl)Oc2ccccc2)s1. The Morgan fingerprint density at radius 2 is 2.16 bits per heavy atom. The van der Waals surface area contributed by atoms with Gasteiger partial charge in [-0.1, -0.05) is 29.8 Å². The van der Waals surface area contributed by atoms with E-state index in [-0.39, 0.29) is 0 Å². The molecule has 2 rings (SSSR count). The number of ether oxygens (including phenoxy) is 2. The first-order chi connectivity index (χ1) is 9.20. The number of aromatic nitrogens is 1. The molecule has 0 aliphatic heterocycles. The quantitative estimate of drug-likeness (QED) is 0.624. The van der Waals surface area contributed by atoms with Gasteiger partial charge in [0.05, 0.1) is 12.8 Å². The second kappa shape index (κ2) is 6.54. The second-order valence-corrected chi connectivity index (χ2v) is 4.99. The number of rotatable bonds is 5. The Morgan fingerprint density at radius 3 is 2.84 bits per heavy atom. The molecule has 19 heavy (non-hydrogen) atoms. The summed E-state index contributed by atoms with van der Waals surface area (Å²) in [6, 6.07) is 9.19. The minimum Gasteiger partial charge on any atom is -0.468 e. The zero-order valence-electron chi connectivity index (χ0n) is 10.2. The monoisotopic (exact) mass is 297 g/mol. The smallest absolute Gasteiger partial charge is 0.349 e. The molecule has 1 aromatic carbocycles. The van der Waals surface area contributed by atoms with Gasteiger partial charge in [0.1, 0.15) is 15.6 Å². The lowest BCUT2D eigenvalue weighted by Crippen LogP contribution is -2.01. The number of esters is 1. The second-order valence-electron chi connectivity index (χ2n) is 3.53. The van der Waals surface area contributed by atoms with E-state index in [9.17, 15) is 4.79 Å². The summed E-state index contributed by atoms with van der Waals surface area (Å²) in [6.45, 7) is 2.08. The topological polar surface area (TPSA) is 48.4 Å². The molecular weight excluding hydrogens is 286 g/mol. The predicted octanol–water partition coefficient (Wildman–Crippen LogP) is 3.64. The molecule has 0 fully saturated rings. The summed E-state index contributed by atoms with van der Waals surface area (Å²) in [5, 5.41) is 0.522. The highest BCUT2D eigenvalue weighted by molar-refractivity contribution is 7.13. The van der Waals surface area contributed by atoms with Crippen LogP contribution in [0.2, 0.25) is 0 Å². The summed E-state index contributed by atoms with van der Waals surface area (Å²) in [7, 11) is 0. The number of halogens is 1. The molecule has 0 saturated heterocycles. The third kappa shape index (κ3) is 3.68. The summed E-state index contributed by atoms with van der Waals surface area (Å²) in [6.07, 6.45) is 1.45. The molecule has 0 spiro atoms. The summed E-state index contributed by atoms with van der Waals surface area (Å²) in [5.41, 5.74) is -0.726. The highest BCUT2D eigenvalue weighted by Crippen LogP contribution is 2.28. The molecule has 0 N–H and O–H groups in total. The molecule has 4 nitrogen and oxygen atoms in total. The molecule has 0 amide bonds. The largest absolute Gasteiger partial charge is 0.468 e. The number of carbonyl (C=O) groups is 1. The normalized spacial score (nSPS) is 11.9. The van der Waals surface area contributed by atoms with Gasteiger partial charge in [-0.05, 0) is 19.1 Å². The maximum atomic E-state index is 11.5. The van der Waals surface area contributed by atoms with E-state index >= 15 is 0 Å². The van der Waals surface area contributed by atoms with Crippen LogP contribution >= 0.6 is 22.9 Å². The number of alkyl halides is 1. The van der Waals surface area contributed by atoms with E-state index in [1.165, 1.54) is 17.5 Å². The highest BCUT2D eigenvalue weighted by Gasteiger charge is 2.18. The summed E-state index contributed by atoms with van der Waals surface area (Å²) in [4.78, 5) is 16.0. The van der Waals surface area contributed by atoms with Crippen LogP contribution in [0, 0.1) is 0 Å². The van der Waals surface area contributed by atoms with Crippen LogP contribution in [-0.4, -0.2) is 17.6 Å². The first-order valence-electron chi connectivity index (χ1n) is 5.69. The molecule has 0 bridgehead atoms. The number of thiazole rings is 1. The van der Waals surface area contributed by atoms with Crippen molar-refractivity contribution in [2.24, 2.45) is 0 Å². The third-order valence-electron chi connectivity index (χ3n) is 2.18. The fourth-order valence-corrected chi connectivity index (χ4v) is 2.37. The van der Waals surface area contributed by atoms with Crippen molar-refractivity contribution >= 4 is 28.9 Å². The van der Waals surface area contributed by atoms with Gasteiger partial charge < -0.3 is 9.47 Å². The standard InChI is InChI=1S/C13H12ClNO3S/c1-2-17-13(16)10-8-15-12(19-10)11(14)18-9-6-4-3-5-7-9/h3-8,11H,2H2,1H3. The minimum atomic E-state index is -0.726. The Bertz CT molecular complexity index is 544. The molecule has 1 atom stereocenters. The van der Waals surface area contributed by atoms with Crippen molar-refractivity contribution in [2.45, 2.75) is 12.5 Å². The van der Waals surface area contributed by atoms with Gasteiger partial charge in [-0.2, -0.15) is 0 Å². The average Bonchev–Trinajstić information content (AvgIpc) is 2.90. The number of nitrogens with zero attached hydrogens (tertiary/aromatic N) is 1. The Balaban J connectivity index is 2.04. The van der Waals surface area contributed by atoms with Crippen LogP contribution in [0.1, 0.15) is 27.2 Å². The molecule has 1 unspecified atom stereocenters. The third-order valence-corrected chi connectivity index (χ3v) is 3.62. The number of carbonyl (C=O) groups excluding carboxylic acids is 1. The molecule has 100 valence electrons. The number of benzene rings is 1. The molecule has 1 aromatic heterocycles. The van der Waals surface area contributed by atoms with Crippen LogP contribution in [0.4, 0.5) is 0 Å². The van der Waals surface area contributed by atoms with Crippen LogP contribution in [0.5, 0.6) is 5.75 Å². The Labute approximate surface area is 120 Å². The van der Waals surface area contributed by atoms with Gasteiger partial charge in [0, 0.05) is 0 Å². The molecule has 0 aliphatic rings. The Hall–Kier alpha value is -1.59. The number of hydrogen-bond acceptors (Lipinski definition) is 5. The van der Waals surface area contributed by atoms with Gasteiger partial charge in [-0.25, -0.2) is 9.78 Å². The van der Waals surface area contributed by atoms with E-state index in [4.69, 9.17) is 21.1 Å². The van der Waals surface area contributed by atoms with E-state index in [1.54, 1.807) is 19.1 Å². The van der Waals surface area contributed by atoms with Gasteiger partial charge in [-0.15, -0.1) is 11.3 Å². The van der Waals surface area contributed by atoms with Crippen LogP contribution in [0.15, 0.2) is 36.5 Å². The van der Waals surface area contributed by atoms with Crippen molar-refractivity contribution in [3.63, 3.8) is 0 Å². The first-order valence-corrected chi connectivity index (χ1v) is 6.94. The lowest BCUT2D eigenvalue weighted by Gasteiger charge is -2.09. The van der Waals surface area contributed by atoms with E-state index < -0.39 is 11.5 Å². The number of hydrogen-bond donors (Lipinski definition) is 0. The maximum absolute atomic E-state index is 11.5. The Kier molecular flexibility index (Phi) is 4.76. The fourth-order valence-electron chi connectivity index (χ4n) is 1.36. The van der Waals surface area contributed by atoms with Gasteiger partial charge in [0.15, 0.2) is 0 Å². The molecule has 2 aromatic rings. The van der Waals surface area contributed by atoms with Crippen LogP contribution < -0.4 is 4.74 Å². The average molecular weight is 298 g/mol. The molecule has 6 heteroatoms. The van der Waals surface area contributed by atoms with Crippen molar-refractivity contribution in [1.29, 1.82) is 0 Å². The van der Waals surface area contributed by atoms with Crippen molar-refractivity contribution in [3.05, 3.63) is 46.4 Å². The van der Waals surface area contributed by atoms with Gasteiger partial charge in [0.2, 0.25) is 5.56 Å². The van der Waals surface area contributed by atoms with Gasteiger partial charge >= 0.3 is 5.97 Å². The fraction of sp³-hybridized carbons (Fsp3) is 0.231. The molecule has 0 radical (unpaired) electrons. The summed E-state index contributed by atoms with van der Waals surface area (Å²) < 4.78 is 10.4. The van der Waals surface area contributed by atoms with E-state index in [0.717, 1.165) is 0 Å². The lowest BCUT2D eigenvalue weighted by molar-refractivity contribution is 0.0532. The van der Waals surface area contributed by atoms with Gasteiger partial charge in [-0.3, -0.25) is 0 Å². The minimum absolute atomic E-state index is 0.330. The maximum Gasteiger partial charge on any atom is 0.349 e. The van der Waals surface area contributed by atoms with Crippen LogP contribution in [0.3, 0.4) is 0 Å². The van der Waals surface area contributed by atoms with Crippen molar-refractivity contribution in [1.82, 2.24) is 4.98 Å². The summed E-state index contributed by atoms with van der Waals surface area (Å²) in [5.74, 6) is 0.255. The number of para-hydroxylation sites is 1. The molecular formula is C13H12ClNO3S. The zero-order chi connectivity index (χ0) is 13.7. The van der Waals surface area contributed by atoms with E-state index in [2.05, 4.69) is 4.98 Å². The van der Waals surface area contributed by atoms with E-state index in [0.29, 0.717) is 22.2 Å². The Morgan fingerprint density at radius 1 is 1.42 bits per heavy atom. The predicted molar refractivity (Wildman–Crippen MR) is 73.7 cm³/mol. The van der Waals surface area contributed by atoms with Crippen molar-refractivity contribution < 1.29 is 14.3 Å². The van der Waals surface area contributed by atoms with E-state index in [1.807, 2.05) is 18.2 Å². The lowest BCUT2D eigenvalue weighted by atomic mass is 10.3. The first kappa shape index (κ1) is 13.8. The highest BCUT2D eigenvalue weighted by atomic mass is 35.5. The van der Waals surface area contributed by atoms with Crippen molar-refractivity contribution in [2.75, 3.05) is 6.61 Å². The zero-order valence-corrected chi connectivity index (χ0v) is 11.8.